The molecule has 0 aliphatic rings. The normalized spacial score (nSPS) is 16.0. The number of hydrogen-bond donors (Lipinski definition) is 1. The van der Waals surface area contributed by atoms with E-state index in [0.29, 0.717) is 0 Å². The molecular formula is C17H15F13O. The molecule has 31 heavy (non-hydrogen) atoms. The van der Waals surface area contributed by atoms with Crippen LogP contribution in [-0.4, -0.2) is 40.9 Å². The SMILES string of the molecule is CC(C)c1ccccc1C(O)CC(F)(F)C(F)(F)C(F)(F)C(F)(F)C(F)(F)C(F)(F)F. The van der Waals surface area contributed by atoms with Crippen molar-refractivity contribution < 1.29 is 62.2 Å². The van der Waals surface area contributed by atoms with Crippen LogP contribution in [0.15, 0.2) is 24.3 Å². The van der Waals surface area contributed by atoms with Crippen molar-refractivity contribution in [3.63, 3.8) is 0 Å². The molecule has 180 valence electrons. The van der Waals surface area contributed by atoms with E-state index in [2.05, 4.69) is 0 Å². The van der Waals surface area contributed by atoms with Gasteiger partial charge in [0.15, 0.2) is 0 Å². The average Bonchev–Trinajstić information content (AvgIpc) is 2.59. The lowest BCUT2D eigenvalue weighted by Crippen LogP contribution is -2.70. The standard InChI is InChI=1S/C17H15F13O/c1-8(2)9-5-3-4-6-10(9)11(31)7-12(18,19)13(20,21)14(22,23)15(24,25)16(26,27)17(28,29)30/h3-6,8,11,31H,7H2,1-2H3. The highest BCUT2D eigenvalue weighted by molar-refractivity contribution is 5.32. The summed E-state index contributed by atoms with van der Waals surface area (Å²) in [7, 11) is 0. The lowest BCUT2D eigenvalue weighted by atomic mass is 9.87. The van der Waals surface area contributed by atoms with Gasteiger partial charge in [-0.1, -0.05) is 38.1 Å². The number of benzene rings is 1. The molecule has 14 heteroatoms. The molecule has 1 atom stereocenters. The van der Waals surface area contributed by atoms with Gasteiger partial charge in [-0.05, 0) is 17.0 Å². The molecule has 0 fully saturated rings. The van der Waals surface area contributed by atoms with E-state index in [-0.39, 0.29) is 5.56 Å². The maximum atomic E-state index is 13.9. The van der Waals surface area contributed by atoms with Crippen LogP contribution in [0.5, 0.6) is 0 Å². The Labute approximate surface area is 166 Å². The maximum Gasteiger partial charge on any atom is 0.460 e. The van der Waals surface area contributed by atoms with Crippen LogP contribution in [-0.2, 0) is 0 Å². The summed E-state index contributed by atoms with van der Waals surface area (Å²) in [5, 5.41) is 9.83. The maximum absolute atomic E-state index is 13.9. The molecule has 1 N–H and O–H groups in total. The second kappa shape index (κ2) is 8.00. The number of hydrogen-bond acceptors (Lipinski definition) is 1. The zero-order valence-electron chi connectivity index (χ0n) is 15.5. The van der Waals surface area contributed by atoms with Crippen LogP contribution in [0.25, 0.3) is 0 Å². The third-order valence-corrected chi connectivity index (χ3v) is 4.43. The first-order valence-electron chi connectivity index (χ1n) is 8.29. The van der Waals surface area contributed by atoms with E-state index in [1.54, 1.807) is 0 Å². The lowest BCUT2D eigenvalue weighted by Gasteiger charge is -2.40. The van der Waals surface area contributed by atoms with E-state index in [1.807, 2.05) is 0 Å². The second-order valence-electron chi connectivity index (χ2n) is 7.00. The molecule has 0 radical (unpaired) electrons. The van der Waals surface area contributed by atoms with Gasteiger partial charge in [-0.2, -0.15) is 57.1 Å². The van der Waals surface area contributed by atoms with Crippen molar-refractivity contribution in [3.05, 3.63) is 35.4 Å². The highest BCUT2D eigenvalue weighted by Gasteiger charge is 2.90. The van der Waals surface area contributed by atoms with Crippen molar-refractivity contribution >= 4 is 0 Å². The first kappa shape index (κ1) is 27.3. The lowest BCUT2D eigenvalue weighted by molar-refractivity contribution is -0.440. The van der Waals surface area contributed by atoms with Gasteiger partial charge in [0.2, 0.25) is 0 Å². The molecular weight excluding hydrogens is 467 g/mol. The van der Waals surface area contributed by atoms with Crippen LogP contribution in [0.3, 0.4) is 0 Å². The van der Waals surface area contributed by atoms with E-state index < -0.39 is 59.8 Å². The van der Waals surface area contributed by atoms with Crippen molar-refractivity contribution in [2.24, 2.45) is 0 Å². The van der Waals surface area contributed by atoms with Crippen LogP contribution in [0, 0.1) is 0 Å². The van der Waals surface area contributed by atoms with Gasteiger partial charge in [-0.3, -0.25) is 0 Å². The molecule has 0 saturated heterocycles. The fourth-order valence-electron chi connectivity index (χ4n) is 2.62. The number of halogens is 13. The Morgan fingerprint density at radius 1 is 0.645 bits per heavy atom. The van der Waals surface area contributed by atoms with Crippen LogP contribution in [0.2, 0.25) is 0 Å². The molecule has 1 unspecified atom stereocenters. The summed E-state index contributed by atoms with van der Waals surface area (Å²) in [5.41, 5.74) is -0.404. The number of alkyl halides is 13. The van der Waals surface area contributed by atoms with Gasteiger partial charge in [-0.15, -0.1) is 0 Å². The van der Waals surface area contributed by atoms with Gasteiger partial charge in [0.1, 0.15) is 0 Å². The van der Waals surface area contributed by atoms with Crippen molar-refractivity contribution in [1.29, 1.82) is 0 Å². The molecule has 0 heterocycles. The third kappa shape index (κ3) is 4.31. The first-order valence-corrected chi connectivity index (χ1v) is 8.29. The molecule has 0 aliphatic carbocycles. The predicted octanol–water partition coefficient (Wildman–Crippen LogP) is 6.97. The van der Waals surface area contributed by atoms with Crippen molar-refractivity contribution in [2.45, 2.75) is 68.1 Å². The minimum absolute atomic E-state index is 0.0785. The van der Waals surface area contributed by atoms with Gasteiger partial charge in [0.05, 0.1) is 6.10 Å². The summed E-state index contributed by atoms with van der Waals surface area (Å²) >= 11 is 0. The monoisotopic (exact) mass is 482 g/mol. The molecule has 0 aliphatic heterocycles. The van der Waals surface area contributed by atoms with Gasteiger partial charge in [-0.25, -0.2) is 0 Å². The summed E-state index contributed by atoms with van der Waals surface area (Å²) in [4.78, 5) is 0. The van der Waals surface area contributed by atoms with Crippen LogP contribution in [0.4, 0.5) is 57.1 Å². The quantitative estimate of drug-likeness (QED) is 0.397. The third-order valence-electron chi connectivity index (χ3n) is 4.43. The summed E-state index contributed by atoms with van der Waals surface area (Å²) in [6, 6.07) is 4.64. The molecule has 0 amide bonds. The highest BCUT2D eigenvalue weighted by atomic mass is 19.4. The Hall–Kier alpha value is -1.73. The zero-order valence-corrected chi connectivity index (χ0v) is 15.5. The predicted molar refractivity (Wildman–Crippen MR) is 80.9 cm³/mol. The second-order valence-corrected chi connectivity index (χ2v) is 7.00. The van der Waals surface area contributed by atoms with E-state index >= 15 is 0 Å². The Kier molecular flexibility index (Phi) is 7.04. The molecule has 1 rings (SSSR count). The van der Waals surface area contributed by atoms with Crippen LogP contribution in [0.1, 0.15) is 43.4 Å². The molecule has 1 aromatic carbocycles. The minimum Gasteiger partial charge on any atom is -0.388 e. The van der Waals surface area contributed by atoms with Crippen molar-refractivity contribution in [3.8, 4) is 0 Å². The number of aliphatic hydroxyl groups excluding tert-OH is 1. The molecule has 1 nitrogen and oxygen atoms in total. The summed E-state index contributed by atoms with van der Waals surface area (Å²) < 4.78 is 171. The van der Waals surface area contributed by atoms with Gasteiger partial charge < -0.3 is 5.11 Å². The number of rotatable bonds is 8. The fraction of sp³-hybridized carbons (Fsp3) is 0.647. The van der Waals surface area contributed by atoms with Crippen LogP contribution >= 0.6 is 0 Å². The molecule has 0 aromatic heterocycles. The van der Waals surface area contributed by atoms with E-state index in [0.717, 1.165) is 12.1 Å². The Morgan fingerprint density at radius 3 is 1.42 bits per heavy atom. The summed E-state index contributed by atoms with van der Waals surface area (Å²) in [5.74, 6) is -37.8. The van der Waals surface area contributed by atoms with Gasteiger partial charge in [0.25, 0.3) is 0 Å². The van der Waals surface area contributed by atoms with Crippen LogP contribution < -0.4 is 0 Å². The Balaban J connectivity index is 3.41. The topological polar surface area (TPSA) is 20.2 Å². The van der Waals surface area contributed by atoms with Crippen molar-refractivity contribution in [1.82, 2.24) is 0 Å². The largest absolute Gasteiger partial charge is 0.460 e. The highest BCUT2D eigenvalue weighted by Crippen LogP contribution is 2.61. The average molecular weight is 482 g/mol. The number of aliphatic hydroxyl groups is 1. The molecule has 1 aromatic rings. The summed E-state index contributed by atoms with van der Waals surface area (Å²) in [6.45, 7) is 2.93. The fourth-order valence-corrected chi connectivity index (χ4v) is 2.62. The Bertz CT molecular complexity index is 768. The first-order chi connectivity index (χ1) is 13.6. The van der Waals surface area contributed by atoms with E-state index in [4.69, 9.17) is 0 Å². The van der Waals surface area contributed by atoms with Crippen molar-refractivity contribution in [2.75, 3.05) is 0 Å². The molecule has 0 spiro atoms. The minimum atomic E-state index is -7.95. The van der Waals surface area contributed by atoms with E-state index in [9.17, 15) is 62.2 Å². The van der Waals surface area contributed by atoms with Gasteiger partial charge in [0, 0.05) is 6.42 Å². The molecule has 0 bridgehead atoms. The van der Waals surface area contributed by atoms with E-state index in [1.165, 1.54) is 26.0 Å². The van der Waals surface area contributed by atoms with Gasteiger partial charge >= 0.3 is 35.8 Å². The molecule has 0 saturated carbocycles. The smallest absolute Gasteiger partial charge is 0.388 e. The summed E-state index contributed by atoms with van der Waals surface area (Å²) in [6.07, 6.45) is -12.8. The zero-order chi connectivity index (χ0) is 24.8. The Morgan fingerprint density at radius 2 is 1.03 bits per heavy atom.